The molecule has 1 saturated heterocycles. The van der Waals surface area contributed by atoms with Crippen molar-refractivity contribution in [1.82, 2.24) is 15.2 Å². The Hall–Kier alpha value is -1.11. The first-order valence-corrected chi connectivity index (χ1v) is 7.93. The van der Waals surface area contributed by atoms with E-state index in [-0.39, 0.29) is 5.91 Å². The van der Waals surface area contributed by atoms with Crippen LogP contribution in [0.25, 0.3) is 0 Å². The van der Waals surface area contributed by atoms with Crippen molar-refractivity contribution in [3.63, 3.8) is 0 Å². The topological polar surface area (TPSA) is 54.5 Å². The van der Waals surface area contributed by atoms with Crippen molar-refractivity contribution in [2.24, 2.45) is 0 Å². The van der Waals surface area contributed by atoms with Crippen molar-refractivity contribution in [2.75, 3.05) is 45.1 Å². The fourth-order valence-corrected chi connectivity index (χ4v) is 2.70. The van der Waals surface area contributed by atoms with Crippen molar-refractivity contribution in [2.45, 2.75) is 11.3 Å². The molecule has 0 saturated carbocycles. The van der Waals surface area contributed by atoms with Crippen LogP contribution in [0.1, 0.15) is 6.42 Å². The Kier molecular flexibility index (Phi) is 6.83. The molecule has 1 fully saturated rings. The van der Waals surface area contributed by atoms with Gasteiger partial charge >= 0.3 is 0 Å². The number of amides is 1. The van der Waals surface area contributed by atoms with Gasteiger partial charge in [-0.3, -0.25) is 14.7 Å². The molecule has 2 heterocycles. The number of ether oxygens (including phenoxy) is 1. The van der Waals surface area contributed by atoms with Crippen molar-refractivity contribution in [3.05, 3.63) is 24.5 Å². The van der Waals surface area contributed by atoms with Gasteiger partial charge in [-0.1, -0.05) is 0 Å². The molecule has 0 aliphatic carbocycles. The molecule has 0 bridgehead atoms. The van der Waals surface area contributed by atoms with E-state index in [1.165, 1.54) is 11.8 Å². The van der Waals surface area contributed by atoms with Crippen LogP contribution in [0.2, 0.25) is 0 Å². The van der Waals surface area contributed by atoms with Gasteiger partial charge in [0.2, 0.25) is 5.91 Å². The number of nitrogens with zero attached hydrogens (tertiary/aromatic N) is 2. The van der Waals surface area contributed by atoms with Crippen LogP contribution in [-0.4, -0.2) is 60.9 Å². The van der Waals surface area contributed by atoms with E-state index in [4.69, 9.17) is 4.74 Å². The fraction of sp³-hybridized carbons (Fsp3) is 0.571. The second-order valence-corrected chi connectivity index (χ2v) is 5.68. The maximum Gasteiger partial charge on any atom is 0.230 e. The summed E-state index contributed by atoms with van der Waals surface area (Å²) in [5.41, 5.74) is 0. The number of aromatic nitrogens is 1. The first-order chi connectivity index (χ1) is 9.84. The Labute approximate surface area is 124 Å². The molecular weight excluding hydrogens is 274 g/mol. The highest BCUT2D eigenvalue weighted by Crippen LogP contribution is 2.15. The van der Waals surface area contributed by atoms with Crippen LogP contribution in [0.3, 0.4) is 0 Å². The SMILES string of the molecule is O=C(CSc1ccncc1)NCCCN1CCOCC1. The van der Waals surface area contributed by atoms with Gasteiger partial charge in [0.1, 0.15) is 0 Å². The molecular formula is C14H21N3O2S. The summed E-state index contributed by atoms with van der Waals surface area (Å²) in [5.74, 6) is 0.551. The lowest BCUT2D eigenvalue weighted by atomic mass is 10.3. The van der Waals surface area contributed by atoms with Crippen LogP contribution in [0.5, 0.6) is 0 Å². The third-order valence-corrected chi connectivity index (χ3v) is 4.11. The van der Waals surface area contributed by atoms with E-state index < -0.39 is 0 Å². The zero-order valence-electron chi connectivity index (χ0n) is 11.6. The Balaban J connectivity index is 1.51. The number of carbonyl (C=O) groups excluding carboxylic acids is 1. The van der Waals surface area contributed by atoms with Gasteiger partial charge in [0, 0.05) is 36.9 Å². The second kappa shape index (κ2) is 8.94. The molecule has 0 spiro atoms. The number of carbonyl (C=O) groups is 1. The number of hydrogen-bond acceptors (Lipinski definition) is 5. The fourth-order valence-electron chi connectivity index (χ4n) is 1.99. The maximum absolute atomic E-state index is 11.7. The molecule has 1 aromatic rings. The molecule has 1 aliphatic rings. The highest BCUT2D eigenvalue weighted by molar-refractivity contribution is 8.00. The zero-order chi connectivity index (χ0) is 14.0. The Morgan fingerprint density at radius 3 is 2.85 bits per heavy atom. The van der Waals surface area contributed by atoms with Crippen molar-refractivity contribution < 1.29 is 9.53 Å². The molecule has 20 heavy (non-hydrogen) atoms. The highest BCUT2D eigenvalue weighted by atomic mass is 32.2. The van der Waals surface area contributed by atoms with E-state index in [0.29, 0.717) is 5.75 Å². The standard InChI is InChI=1S/C14H21N3O2S/c18-14(12-20-13-2-5-15-6-3-13)16-4-1-7-17-8-10-19-11-9-17/h2-3,5-6H,1,4,7-12H2,(H,16,18). The summed E-state index contributed by atoms with van der Waals surface area (Å²) in [6.45, 7) is 5.44. The van der Waals surface area contributed by atoms with Gasteiger partial charge < -0.3 is 10.1 Å². The molecule has 0 atom stereocenters. The Morgan fingerprint density at radius 1 is 1.35 bits per heavy atom. The average molecular weight is 295 g/mol. The molecule has 0 radical (unpaired) electrons. The molecule has 1 aliphatic heterocycles. The molecule has 2 rings (SSSR count). The number of hydrogen-bond donors (Lipinski definition) is 1. The number of nitrogens with one attached hydrogen (secondary N) is 1. The van der Waals surface area contributed by atoms with Gasteiger partial charge in [-0.2, -0.15) is 0 Å². The molecule has 1 N–H and O–H groups in total. The van der Waals surface area contributed by atoms with Gasteiger partial charge in [0.05, 0.1) is 19.0 Å². The predicted molar refractivity (Wildman–Crippen MR) is 79.8 cm³/mol. The quantitative estimate of drug-likeness (QED) is 0.601. The van der Waals surface area contributed by atoms with Crippen LogP contribution >= 0.6 is 11.8 Å². The van der Waals surface area contributed by atoms with Gasteiger partial charge in [-0.15, -0.1) is 11.8 Å². The van der Waals surface area contributed by atoms with E-state index in [9.17, 15) is 4.79 Å². The molecule has 6 heteroatoms. The van der Waals surface area contributed by atoms with Crippen LogP contribution in [0, 0.1) is 0 Å². The lowest BCUT2D eigenvalue weighted by Gasteiger charge is -2.26. The molecule has 1 aromatic heterocycles. The highest BCUT2D eigenvalue weighted by Gasteiger charge is 2.09. The van der Waals surface area contributed by atoms with Crippen molar-refractivity contribution in [3.8, 4) is 0 Å². The summed E-state index contributed by atoms with van der Waals surface area (Å²) in [5, 5.41) is 2.96. The first-order valence-electron chi connectivity index (χ1n) is 6.94. The summed E-state index contributed by atoms with van der Waals surface area (Å²) in [6, 6.07) is 3.83. The third kappa shape index (κ3) is 5.90. The normalized spacial score (nSPS) is 16.0. The number of thioether (sulfide) groups is 1. The lowest BCUT2D eigenvalue weighted by molar-refractivity contribution is -0.118. The minimum absolute atomic E-state index is 0.0915. The summed E-state index contributed by atoms with van der Waals surface area (Å²) >= 11 is 1.54. The largest absolute Gasteiger partial charge is 0.379 e. The molecule has 1 amide bonds. The average Bonchev–Trinajstić information content (AvgIpc) is 2.52. The summed E-state index contributed by atoms with van der Waals surface area (Å²) < 4.78 is 5.30. The molecule has 0 aromatic carbocycles. The molecule has 5 nitrogen and oxygen atoms in total. The minimum Gasteiger partial charge on any atom is -0.379 e. The monoisotopic (exact) mass is 295 g/mol. The van der Waals surface area contributed by atoms with Gasteiger partial charge in [0.25, 0.3) is 0 Å². The predicted octanol–water partition coefficient (Wildman–Crippen LogP) is 1.01. The van der Waals surface area contributed by atoms with Crippen molar-refractivity contribution >= 4 is 17.7 Å². The van der Waals surface area contributed by atoms with E-state index in [1.54, 1.807) is 12.4 Å². The van der Waals surface area contributed by atoms with E-state index in [1.807, 2.05) is 12.1 Å². The van der Waals surface area contributed by atoms with Crippen molar-refractivity contribution in [1.29, 1.82) is 0 Å². The number of pyridine rings is 1. The summed E-state index contributed by atoms with van der Waals surface area (Å²) in [6.07, 6.45) is 4.47. The second-order valence-electron chi connectivity index (χ2n) is 4.63. The van der Waals surface area contributed by atoms with E-state index in [2.05, 4.69) is 15.2 Å². The maximum atomic E-state index is 11.7. The van der Waals surface area contributed by atoms with E-state index >= 15 is 0 Å². The lowest BCUT2D eigenvalue weighted by Crippen LogP contribution is -2.38. The first kappa shape index (κ1) is 15.3. The van der Waals surface area contributed by atoms with Gasteiger partial charge in [0.15, 0.2) is 0 Å². The minimum atomic E-state index is 0.0915. The molecule has 0 unspecified atom stereocenters. The number of rotatable bonds is 7. The van der Waals surface area contributed by atoms with Crippen LogP contribution < -0.4 is 5.32 Å². The van der Waals surface area contributed by atoms with Gasteiger partial charge in [-0.25, -0.2) is 0 Å². The van der Waals surface area contributed by atoms with Crippen LogP contribution in [0.4, 0.5) is 0 Å². The van der Waals surface area contributed by atoms with Crippen LogP contribution in [0.15, 0.2) is 29.4 Å². The Bertz CT molecular complexity index is 397. The van der Waals surface area contributed by atoms with E-state index in [0.717, 1.165) is 50.7 Å². The molecule has 110 valence electrons. The summed E-state index contributed by atoms with van der Waals surface area (Å²) in [4.78, 5) is 19.1. The Morgan fingerprint density at radius 2 is 2.10 bits per heavy atom. The third-order valence-electron chi connectivity index (χ3n) is 3.10. The van der Waals surface area contributed by atoms with Gasteiger partial charge in [-0.05, 0) is 25.1 Å². The summed E-state index contributed by atoms with van der Waals surface area (Å²) in [7, 11) is 0. The number of morpholine rings is 1. The van der Waals surface area contributed by atoms with Crippen LogP contribution in [-0.2, 0) is 9.53 Å². The smallest absolute Gasteiger partial charge is 0.230 e. The zero-order valence-corrected chi connectivity index (χ0v) is 12.4.